The summed E-state index contributed by atoms with van der Waals surface area (Å²) >= 11 is 0. The van der Waals surface area contributed by atoms with Crippen LogP contribution in [0.15, 0.2) is 47.1 Å². The first-order valence-electron chi connectivity index (χ1n) is 12.0. The summed E-state index contributed by atoms with van der Waals surface area (Å²) < 4.78 is 84.5. The molecule has 3 aromatic rings. The summed E-state index contributed by atoms with van der Waals surface area (Å²) in [5.41, 5.74) is 1.90. The number of halogens is 5. The third kappa shape index (κ3) is 5.96. The van der Waals surface area contributed by atoms with Gasteiger partial charge in [0.1, 0.15) is 29.1 Å². The van der Waals surface area contributed by atoms with E-state index in [1.54, 1.807) is 0 Å². The van der Waals surface area contributed by atoms with Crippen molar-refractivity contribution in [3.8, 4) is 17.0 Å². The van der Waals surface area contributed by atoms with E-state index in [0.717, 1.165) is 25.1 Å². The Morgan fingerprint density at radius 2 is 1.95 bits per heavy atom. The van der Waals surface area contributed by atoms with E-state index in [-0.39, 0.29) is 48.1 Å². The largest absolute Gasteiger partial charge is 0.573 e. The Labute approximate surface area is 218 Å². The number of anilines is 1. The Morgan fingerprint density at radius 1 is 1.18 bits per heavy atom. The number of amides is 1. The van der Waals surface area contributed by atoms with Gasteiger partial charge >= 0.3 is 6.36 Å². The standard InChI is InChI=1S/C25H23F5N4O5/c26-24(27)13-34(20-8-7-15(11-31-20)23(35)32-36)10-9-19(24)37-12-17-21(33-39-22(17)14-5-6-14)16-3-1-2-4-18(16)38-25(28,29)30/h1-4,7-8,11,14,19,36H,5-6,9-10,12-13H2,(H,32,35). The number of nitrogens with one attached hydrogen (secondary N) is 1. The second-order valence-electron chi connectivity index (χ2n) is 9.31. The number of hydrogen-bond donors (Lipinski definition) is 2. The van der Waals surface area contributed by atoms with Crippen molar-refractivity contribution < 1.29 is 46.0 Å². The van der Waals surface area contributed by atoms with Crippen LogP contribution in [-0.4, -0.2) is 52.7 Å². The lowest BCUT2D eigenvalue weighted by molar-refractivity contribution is -0.274. The van der Waals surface area contributed by atoms with Gasteiger partial charge < -0.3 is 18.9 Å². The summed E-state index contributed by atoms with van der Waals surface area (Å²) in [6.45, 7) is -0.869. The predicted octanol–water partition coefficient (Wildman–Crippen LogP) is 5.06. The van der Waals surface area contributed by atoms with Crippen molar-refractivity contribution >= 4 is 11.7 Å². The van der Waals surface area contributed by atoms with Crippen LogP contribution < -0.4 is 15.1 Å². The van der Waals surface area contributed by atoms with Crippen LogP contribution in [0.25, 0.3) is 11.3 Å². The van der Waals surface area contributed by atoms with E-state index in [4.69, 9.17) is 14.5 Å². The molecule has 1 aliphatic carbocycles. The molecular weight excluding hydrogens is 531 g/mol. The van der Waals surface area contributed by atoms with E-state index in [9.17, 15) is 18.0 Å². The maximum atomic E-state index is 15.2. The van der Waals surface area contributed by atoms with Gasteiger partial charge in [-0.2, -0.15) is 0 Å². The molecule has 2 N–H and O–H groups in total. The van der Waals surface area contributed by atoms with Crippen LogP contribution in [0.4, 0.5) is 27.8 Å². The summed E-state index contributed by atoms with van der Waals surface area (Å²) in [4.78, 5) is 16.8. The van der Waals surface area contributed by atoms with Gasteiger partial charge in [-0.15, -0.1) is 13.2 Å². The molecule has 1 saturated heterocycles. The second kappa shape index (κ2) is 10.4. The Balaban J connectivity index is 1.32. The fourth-order valence-corrected chi connectivity index (χ4v) is 4.49. The Bertz CT molecular complexity index is 1330. The lowest BCUT2D eigenvalue weighted by atomic mass is 10.0. The maximum Gasteiger partial charge on any atom is 0.573 e. The third-order valence-electron chi connectivity index (χ3n) is 6.53. The van der Waals surface area contributed by atoms with Crippen LogP contribution in [0.3, 0.4) is 0 Å². The number of nitrogens with zero attached hydrogens (tertiary/aromatic N) is 3. The van der Waals surface area contributed by atoms with Crippen LogP contribution in [0.2, 0.25) is 0 Å². The highest BCUT2D eigenvalue weighted by atomic mass is 19.4. The van der Waals surface area contributed by atoms with Gasteiger partial charge in [0.05, 0.1) is 18.7 Å². The van der Waals surface area contributed by atoms with Gasteiger partial charge in [-0.3, -0.25) is 10.0 Å². The number of piperidine rings is 1. The van der Waals surface area contributed by atoms with Gasteiger partial charge in [0.25, 0.3) is 11.8 Å². The molecule has 1 saturated carbocycles. The van der Waals surface area contributed by atoms with Crippen LogP contribution in [0.1, 0.15) is 46.9 Å². The number of hydroxylamine groups is 1. The van der Waals surface area contributed by atoms with E-state index in [2.05, 4.69) is 14.9 Å². The molecule has 5 rings (SSSR count). The highest BCUT2D eigenvalue weighted by Gasteiger charge is 2.46. The molecule has 1 aliphatic heterocycles. The minimum absolute atomic E-state index is 0.00931. The number of hydrogen-bond acceptors (Lipinski definition) is 8. The summed E-state index contributed by atoms with van der Waals surface area (Å²) in [6, 6.07) is 8.15. The van der Waals surface area contributed by atoms with Crippen LogP contribution in [0.5, 0.6) is 5.75 Å². The van der Waals surface area contributed by atoms with Gasteiger partial charge in [0.15, 0.2) is 0 Å². The number of alkyl halides is 5. The van der Waals surface area contributed by atoms with Crippen molar-refractivity contribution in [1.29, 1.82) is 0 Å². The van der Waals surface area contributed by atoms with E-state index >= 15 is 8.78 Å². The first-order chi connectivity index (χ1) is 18.6. The molecular formula is C25H23F5N4O5. The smallest absolute Gasteiger partial charge is 0.405 e. The molecule has 39 heavy (non-hydrogen) atoms. The van der Waals surface area contributed by atoms with Gasteiger partial charge in [-0.05, 0) is 43.5 Å². The van der Waals surface area contributed by atoms with Crippen LogP contribution in [-0.2, 0) is 11.3 Å². The fourth-order valence-electron chi connectivity index (χ4n) is 4.49. The lowest BCUT2D eigenvalue weighted by Gasteiger charge is -2.38. The second-order valence-corrected chi connectivity index (χ2v) is 9.31. The van der Waals surface area contributed by atoms with Crippen molar-refractivity contribution in [2.45, 2.75) is 50.2 Å². The third-order valence-corrected chi connectivity index (χ3v) is 6.53. The fraction of sp³-hybridized carbons (Fsp3) is 0.400. The molecule has 2 fully saturated rings. The lowest BCUT2D eigenvalue weighted by Crippen LogP contribution is -2.52. The maximum absolute atomic E-state index is 15.2. The molecule has 9 nitrogen and oxygen atoms in total. The minimum atomic E-state index is -4.94. The Kier molecular flexibility index (Phi) is 7.16. The molecule has 208 valence electrons. The number of carbonyl (C=O) groups is 1. The molecule has 2 aliphatic rings. The monoisotopic (exact) mass is 554 g/mol. The van der Waals surface area contributed by atoms with Crippen molar-refractivity contribution in [3.05, 3.63) is 59.5 Å². The zero-order chi connectivity index (χ0) is 27.8. The highest BCUT2D eigenvalue weighted by Crippen LogP contribution is 2.46. The molecule has 1 aromatic carbocycles. The molecule has 0 bridgehead atoms. The topological polar surface area (TPSA) is 110 Å². The Morgan fingerprint density at radius 3 is 2.59 bits per heavy atom. The number of para-hydroxylation sites is 1. The summed E-state index contributed by atoms with van der Waals surface area (Å²) in [5, 5.41) is 12.7. The minimum Gasteiger partial charge on any atom is -0.405 e. The molecule has 2 aromatic heterocycles. The van der Waals surface area contributed by atoms with E-state index in [1.165, 1.54) is 40.7 Å². The molecule has 3 heterocycles. The number of carbonyl (C=O) groups excluding carboxylic acids is 1. The van der Waals surface area contributed by atoms with Crippen molar-refractivity contribution in [3.63, 3.8) is 0 Å². The predicted molar refractivity (Wildman–Crippen MR) is 124 cm³/mol. The summed E-state index contributed by atoms with van der Waals surface area (Å²) in [5.74, 6) is -3.95. The zero-order valence-corrected chi connectivity index (χ0v) is 20.3. The Hall–Kier alpha value is -3.78. The SMILES string of the molecule is O=C(NO)c1ccc(N2CCC(OCc3c(-c4ccccc4OC(F)(F)F)noc3C3CC3)C(F)(F)C2)nc1. The first kappa shape index (κ1) is 26.8. The van der Waals surface area contributed by atoms with Crippen LogP contribution >= 0.6 is 0 Å². The highest BCUT2D eigenvalue weighted by molar-refractivity contribution is 5.93. The summed E-state index contributed by atoms with van der Waals surface area (Å²) in [6.07, 6.45) is -3.77. The van der Waals surface area contributed by atoms with Gasteiger partial charge in [-0.1, -0.05) is 17.3 Å². The molecule has 1 atom stereocenters. The molecule has 0 radical (unpaired) electrons. The van der Waals surface area contributed by atoms with E-state index < -0.39 is 36.6 Å². The van der Waals surface area contributed by atoms with Crippen LogP contribution in [0, 0.1) is 0 Å². The average molecular weight is 554 g/mol. The zero-order valence-electron chi connectivity index (χ0n) is 20.3. The molecule has 1 amide bonds. The normalized spacial score (nSPS) is 19.1. The summed E-state index contributed by atoms with van der Waals surface area (Å²) in [7, 11) is 0. The van der Waals surface area contributed by atoms with Crippen molar-refractivity contribution in [2.75, 3.05) is 18.0 Å². The molecule has 14 heteroatoms. The first-order valence-corrected chi connectivity index (χ1v) is 12.0. The number of rotatable bonds is 8. The number of aromatic nitrogens is 2. The molecule has 0 spiro atoms. The van der Waals surface area contributed by atoms with Gasteiger partial charge in [0.2, 0.25) is 0 Å². The van der Waals surface area contributed by atoms with Crippen molar-refractivity contribution in [1.82, 2.24) is 15.6 Å². The van der Waals surface area contributed by atoms with E-state index in [0.29, 0.717) is 11.3 Å². The van der Waals surface area contributed by atoms with Crippen molar-refractivity contribution in [2.24, 2.45) is 0 Å². The molecule has 1 unspecified atom stereocenters. The number of benzene rings is 1. The average Bonchev–Trinajstić information content (AvgIpc) is 3.66. The quantitative estimate of drug-likeness (QED) is 0.226. The number of ether oxygens (including phenoxy) is 2. The van der Waals surface area contributed by atoms with E-state index in [1.807, 2.05) is 0 Å². The van der Waals surface area contributed by atoms with Gasteiger partial charge in [-0.25, -0.2) is 19.2 Å². The number of pyridine rings is 1. The van der Waals surface area contributed by atoms with Gasteiger partial charge in [0, 0.05) is 29.8 Å².